The number of carbonyl (C=O) groups excluding carboxylic acids is 1. The molecule has 2 aliphatic rings. The lowest BCUT2D eigenvalue weighted by atomic mass is 9.93. The van der Waals surface area contributed by atoms with Crippen molar-refractivity contribution < 1.29 is 4.79 Å². The summed E-state index contributed by atoms with van der Waals surface area (Å²) in [6.45, 7) is 1.90. The third-order valence-corrected chi connectivity index (χ3v) is 2.88. The Morgan fingerprint density at radius 2 is 2.18 bits per heavy atom. The van der Waals surface area contributed by atoms with Crippen LogP contribution in [0.3, 0.4) is 0 Å². The van der Waals surface area contributed by atoms with E-state index in [-0.39, 0.29) is 0 Å². The van der Waals surface area contributed by atoms with Gasteiger partial charge in [0.2, 0.25) is 0 Å². The summed E-state index contributed by atoms with van der Waals surface area (Å²) in [5.41, 5.74) is 0. The summed E-state index contributed by atoms with van der Waals surface area (Å²) in [5.74, 6) is 0.447. The van der Waals surface area contributed by atoms with Crippen LogP contribution in [0.25, 0.3) is 0 Å². The Morgan fingerprint density at radius 3 is 3.09 bits per heavy atom. The summed E-state index contributed by atoms with van der Waals surface area (Å²) in [4.78, 5) is 13.4. The van der Waals surface area contributed by atoms with Crippen LogP contribution in [0, 0.1) is 0 Å². The maximum atomic E-state index is 11.1. The number of nitrogens with zero attached hydrogens (tertiary/aromatic N) is 1. The van der Waals surface area contributed by atoms with Crippen molar-refractivity contribution in [2.75, 3.05) is 13.1 Å². The maximum Gasteiger partial charge on any atom is 0.146 e. The molecule has 2 saturated heterocycles. The second-order valence-electron chi connectivity index (χ2n) is 3.70. The summed E-state index contributed by atoms with van der Waals surface area (Å²) in [5, 5.41) is 0. The summed E-state index contributed by atoms with van der Waals surface area (Å²) < 4.78 is 0. The van der Waals surface area contributed by atoms with Crippen molar-refractivity contribution >= 4 is 5.78 Å². The van der Waals surface area contributed by atoms with Crippen molar-refractivity contribution in [1.29, 1.82) is 0 Å². The van der Waals surface area contributed by atoms with Gasteiger partial charge in [-0.15, -0.1) is 0 Å². The van der Waals surface area contributed by atoms with Crippen LogP contribution in [-0.2, 0) is 4.79 Å². The van der Waals surface area contributed by atoms with Gasteiger partial charge in [0, 0.05) is 12.5 Å². The Kier molecular flexibility index (Phi) is 1.95. The average Bonchev–Trinajstić information content (AvgIpc) is 2.04. The van der Waals surface area contributed by atoms with Crippen molar-refractivity contribution in [2.45, 2.75) is 38.1 Å². The summed E-state index contributed by atoms with van der Waals surface area (Å²) in [6, 6.07) is 0.751. The van der Waals surface area contributed by atoms with Gasteiger partial charge < -0.3 is 0 Å². The van der Waals surface area contributed by atoms with E-state index in [4.69, 9.17) is 0 Å². The first-order valence-corrected chi connectivity index (χ1v) is 4.62. The molecule has 1 atom stereocenters. The van der Waals surface area contributed by atoms with Gasteiger partial charge in [-0.3, -0.25) is 9.69 Å². The second kappa shape index (κ2) is 2.94. The molecule has 0 N–H and O–H groups in total. The Morgan fingerprint density at radius 1 is 1.27 bits per heavy atom. The van der Waals surface area contributed by atoms with Gasteiger partial charge in [0.05, 0.1) is 6.54 Å². The van der Waals surface area contributed by atoms with Gasteiger partial charge in [-0.1, -0.05) is 6.42 Å². The van der Waals surface area contributed by atoms with Gasteiger partial charge >= 0.3 is 0 Å². The molecule has 2 aliphatic heterocycles. The fourth-order valence-electron chi connectivity index (χ4n) is 2.23. The summed E-state index contributed by atoms with van der Waals surface area (Å²) in [7, 11) is 0. The molecule has 2 heteroatoms. The topological polar surface area (TPSA) is 20.3 Å². The van der Waals surface area contributed by atoms with Crippen LogP contribution in [0.15, 0.2) is 0 Å². The molecule has 0 aromatic heterocycles. The normalized spacial score (nSPS) is 33.5. The Labute approximate surface area is 67.6 Å². The lowest BCUT2D eigenvalue weighted by molar-refractivity contribution is -0.124. The first kappa shape index (κ1) is 7.29. The van der Waals surface area contributed by atoms with E-state index in [1.807, 2.05) is 0 Å². The number of hydrogen-bond acceptors (Lipinski definition) is 2. The first-order chi connectivity index (χ1) is 5.36. The molecule has 0 bridgehead atoms. The van der Waals surface area contributed by atoms with Crippen LogP contribution in [0.5, 0.6) is 0 Å². The van der Waals surface area contributed by atoms with Crippen LogP contribution < -0.4 is 0 Å². The van der Waals surface area contributed by atoms with E-state index in [0.717, 1.165) is 32.0 Å². The molecule has 0 saturated carbocycles. The van der Waals surface area contributed by atoms with E-state index < -0.39 is 0 Å². The van der Waals surface area contributed by atoms with Crippen LogP contribution in [0.1, 0.15) is 32.1 Å². The molecule has 0 spiro atoms. The Balaban J connectivity index is 1.98. The molecule has 2 rings (SSSR count). The lowest BCUT2D eigenvalue weighted by Crippen LogP contribution is -2.46. The van der Waals surface area contributed by atoms with Gasteiger partial charge in [0.15, 0.2) is 0 Å². The molecule has 0 aliphatic carbocycles. The maximum absolute atomic E-state index is 11.1. The van der Waals surface area contributed by atoms with Crippen LogP contribution in [0.2, 0.25) is 0 Å². The molecule has 0 aromatic rings. The molecule has 2 fully saturated rings. The molecular weight excluding hydrogens is 138 g/mol. The average molecular weight is 153 g/mol. The van der Waals surface area contributed by atoms with E-state index >= 15 is 0 Å². The Hall–Kier alpha value is -0.370. The second-order valence-corrected chi connectivity index (χ2v) is 3.70. The van der Waals surface area contributed by atoms with Crippen molar-refractivity contribution in [3.05, 3.63) is 0 Å². The lowest BCUT2D eigenvalue weighted by Gasteiger charge is -2.38. The highest BCUT2D eigenvalue weighted by atomic mass is 16.1. The molecular formula is C9H15NO. The zero-order chi connectivity index (χ0) is 7.68. The molecule has 1 unspecified atom stereocenters. The monoisotopic (exact) mass is 153 g/mol. The van der Waals surface area contributed by atoms with E-state index in [9.17, 15) is 4.79 Å². The minimum absolute atomic E-state index is 0.447. The minimum Gasteiger partial charge on any atom is -0.298 e. The highest BCUT2D eigenvalue weighted by Gasteiger charge is 2.28. The number of fused-ring (bicyclic) bond motifs is 1. The number of Topliss-reactive ketones (excluding diaryl/α,β-unsaturated/α-hetero) is 1. The zero-order valence-corrected chi connectivity index (χ0v) is 6.88. The van der Waals surface area contributed by atoms with Crippen molar-refractivity contribution in [1.82, 2.24) is 4.90 Å². The largest absolute Gasteiger partial charge is 0.298 e. The predicted molar refractivity (Wildman–Crippen MR) is 43.5 cm³/mol. The number of piperidine rings is 2. The number of ketones is 1. The highest BCUT2D eigenvalue weighted by molar-refractivity contribution is 5.81. The number of hydrogen-bond donors (Lipinski definition) is 0. The predicted octanol–water partition coefficient (Wildman–Crippen LogP) is 1.20. The van der Waals surface area contributed by atoms with E-state index in [1.165, 1.54) is 19.3 Å². The van der Waals surface area contributed by atoms with Crippen LogP contribution >= 0.6 is 0 Å². The van der Waals surface area contributed by atoms with Crippen LogP contribution in [-0.4, -0.2) is 29.8 Å². The molecule has 11 heavy (non-hydrogen) atoms. The molecule has 62 valence electrons. The van der Waals surface area contributed by atoms with E-state index in [2.05, 4.69) is 4.90 Å². The zero-order valence-electron chi connectivity index (χ0n) is 6.88. The number of rotatable bonds is 0. The SMILES string of the molecule is O=C1CCC2CCCCN2C1. The molecule has 0 aromatic carbocycles. The summed E-state index contributed by atoms with van der Waals surface area (Å²) >= 11 is 0. The van der Waals surface area contributed by atoms with Crippen LogP contribution in [0.4, 0.5) is 0 Å². The van der Waals surface area contributed by atoms with E-state index in [1.54, 1.807) is 0 Å². The quantitative estimate of drug-likeness (QED) is 0.521. The first-order valence-electron chi connectivity index (χ1n) is 4.62. The fraction of sp³-hybridized carbons (Fsp3) is 0.889. The molecule has 0 amide bonds. The molecule has 0 radical (unpaired) electrons. The van der Waals surface area contributed by atoms with Gasteiger partial charge in [0.1, 0.15) is 5.78 Å². The van der Waals surface area contributed by atoms with Crippen molar-refractivity contribution in [2.24, 2.45) is 0 Å². The van der Waals surface area contributed by atoms with Crippen molar-refractivity contribution in [3.63, 3.8) is 0 Å². The van der Waals surface area contributed by atoms with E-state index in [0.29, 0.717) is 5.78 Å². The third-order valence-electron chi connectivity index (χ3n) is 2.88. The molecule has 2 heterocycles. The highest BCUT2D eigenvalue weighted by Crippen LogP contribution is 2.24. The Bertz CT molecular complexity index is 167. The smallest absolute Gasteiger partial charge is 0.146 e. The summed E-state index contributed by atoms with van der Waals surface area (Å²) in [6.07, 6.45) is 5.95. The number of carbonyl (C=O) groups is 1. The molecule has 2 nitrogen and oxygen atoms in total. The van der Waals surface area contributed by atoms with Gasteiger partial charge in [-0.2, -0.15) is 0 Å². The van der Waals surface area contributed by atoms with Crippen molar-refractivity contribution in [3.8, 4) is 0 Å². The van der Waals surface area contributed by atoms with Gasteiger partial charge in [-0.25, -0.2) is 0 Å². The van der Waals surface area contributed by atoms with Gasteiger partial charge in [-0.05, 0) is 25.8 Å². The third kappa shape index (κ3) is 1.45. The van der Waals surface area contributed by atoms with Gasteiger partial charge in [0.25, 0.3) is 0 Å². The standard InChI is InChI=1S/C9H15NO/c11-9-5-4-8-3-1-2-6-10(8)7-9/h8H,1-7H2. The minimum atomic E-state index is 0.447. The fourth-order valence-corrected chi connectivity index (χ4v) is 2.23.